The van der Waals surface area contributed by atoms with Crippen LogP contribution in [0.4, 0.5) is 5.69 Å². The highest BCUT2D eigenvalue weighted by molar-refractivity contribution is 7.79. The second kappa shape index (κ2) is 5.24. The number of benzene rings is 2. The molecule has 2 nitrogen and oxygen atoms in total. The van der Waals surface area contributed by atoms with Gasteiger partial charge in [0.2, 0.25) is 0 Å². The van der Waals surface area contributed by atoms with Crippen molar-refractivity contribution >= 4 is 23.4 Å². The number of hydrogen-bond donors (Lipinski definition) is 1. The molecule has 1 aliphatic rings. The number of aryl methyl sites for hydroxylation is 1. The molecule has 0 bridgehead atoms. The van der Waals surface area contributed by atoms with Gasteiger partial charge in [0.1, 0.15) is 7.14 Å². The van der Waals surface area contributed by atoms with Gasteiger partial charge in [0.15, 0.2) is 0 Å². The predicted molar refractivity (Wildman–Crippen MR) is 101 cm³/mol. The minimum atomic E-state index is -2.75. The molecule has 1 atom stereocenters. The van der Waals surface area contributed by atoms with E-state index in [2.05, 4.69) is 52.8 Å². The van der Waals surface area contributed by atoms with Gasteiger partial charge in [-0.25, -0.2) is 0 Å². The van der Waals surface area contributed by atoms with E-state index in [1.807, 2.05) is 18.2 Å². The van der Waals surface area contributed by atoms with Crippen molar-refractivity contribution in [2.24, 2.45) is 0 Å². The third-order valence-electron chi connectivity index (χ3n) is 5.36. The van der Waals surface area contributed by atoms with Gasteiger partial charge in [-0.05, 0) is 23.1 Å². The number of rotatable bonds is 2. The van der Waals surface area contributed by atoms with Crippen LogP contribution in [0.15, 0.2) is 36.4 Å². The third-order valence-corrected chi connectivity index (χ3v) is 9.06. The minimum absolute atomic E-state index is 0.0351. The van der Waals surface area contributed by atoms with E-state index in [1.54, 1.807) is 0 Å². The first kappa shape index (κ1) is 16.3. The van der Waals surface area contributed by atoms with Crippen LogP contribution >= 0.6 is 7.14 Å². The summed E-state index contributed by atoms with van der Waals surface area (Å²) in [6, 6.07) is 12.5. The van der Waals surface area contributed by atoms with Crippen molar-refractivity contribution in [3.8, 4) is 0 Å². The van der Waals surface area contributed by atoms with Gasteiger partial charge in [-0.1, -0.05) is 71.0 Å². The zero-order valence-corrected chi connectivity index (χ0v) is 15.6. The molecule has 1 unspecified atom stereocenters. The lowest BCUT2D eigenvalue weighted by Crippen LogP contribution is -2.42. The Labute approximate surface area is 139 Å². The molecule has 0 amide bonds. The molecule has 0 fully saturated rings. The molecule has 3 rings (SSSR count). The largest absolute Gasteiger partial charge is 0.398 e. The second-order valence-corrected chi connectivity index (χ2v) is 10.6. The number of nitrogens with two attached hydrogens (primary N) is 1. The Bertz CT molecular complexity index is 820. The number of anilines is 1. The van der Waals surface area contributed by atoms with Gasteiger partial charge in [0.25, 0.3) is 0 Å². The Hall–Kier alpha value is -1.53. The van der Waals surface area contributed by atoms with E-state index in [-0.39, 0.29) is 11.1 Å². The Balaban J connectivity index is 2.50. The molecular formula is C20H26NOP. The molecule has 0 aliphatic carbocycles. The molecule has 2 aromatic rings. The standard InChI is InChI=1S/C20H26NOP/c1-6-14-11-12-16-19(18(14)21)23(22,13(2)3)17-10-8-7-9-15(17)20(16,4)5/h7-13H,6,21H2,1-5H3. The SMILES string of the molecule is CCc1ccc2c(c1N)P(=O)(C(C)C)c1ccccc1C2(C)C. The molecule has 3 heteroatoms. The third kappa shape index (κ3) is 2.04. The molecule has 2 aromatic carbocycles. The molecule has 1 aliphatic heterocycles. The van der Waals surface area contributed by atoms with Crippen LogP contribution in [0.1, 0.15) is 51.3 Å². The molecule has 0 radical (unpaired) electrons. The van der Waals surface area contributed by atoms with E-state index < -0.39 is 7.14 Å². The van der Waals surface area contributed by atoms with Crippen LogP contribution in [-0.2, 0) is 16.4 Å². The van der Waals surface area contributed by atoms with E-state index in [1.165, 1.54) is 5.56 Å². The minimum Gasteiger partial charge on any atom is -0.398 e. The van der Waals surface area contributed by atoms with Crippen LogP contribution in [-0.4, -0.2) is 5.66 Å². The van der Waals surface area contributed by atoms with Crippen molar-refractivity contribution in [2.45, 2.75) is 52.1 Å². The number of fused-ring (bicyclic) bond motifs is 2. The molecule has 0 saturated carbocycles. The quantitative estimate of drug-likeness (QED) is 0.664. The van der Waals surface area contributed by atoms with E-state index in [4.69, 9.17) is 5.73 Å². The van der Waals surface area contributed by atoms with E-state index in [0.717, 1.165) is 33.8 Å². The number of nitrogen functional groups attached to an aromatic ring is 1. The van der Waals surface area contributed by atoms with Crippen molar-refractivity contribution in [2.75, 3.05) is 5.73 Å². The highest BCUT2D eigenvalue weighted by Crippen LogP contribution is 2.57. The van der Waals surface area contributed by atoms with Crippen molar-refractivity contribution < 1.29 is 4.57 Å². The van der Waals surface area contributed by atoms with E-state index >= 15 is 0 Å². The highest BCUT2D eigenvalue weighted by atomic mass is 31.2. The fourth-order valence-electron chi connectivity index (χ4n) is 3.91. The van der Waals surface area contributed by atoms with Gasteiger partial charge in [-0.15, -0.1) is 0 Å². The first-order valence-corrected chi connectivity index (χ1v) is 10.2. The molecule has 0 spiro atoms. The smallest absolute Gasteiger partial charge is 0.148 e. The molecule has 2 N–H and O–H groups in total. The lowest BCUT2D eigenvalue weighted by Gasteiger charge is -2.41. The maximum atomic E-state index is 14.3. The summed E-state index contributed by atoms with van der Waals surface area (Å²) in [6.45, 7) is 10.6. The highest BCUT2D eigenvalue weighted by Gasteiger charge is 2.46. The molecule has 122 valence electrons. The average Bonchev–Trinajstić information content (AvgIpc) is 2.52. The predicted octanol–water partition coefficient (Wildman–Crippen LogP) is 4.19. The van der Waals surface area contributed by atoms with Crippen LogP contribution in [0.25, 0.3) is 0 Å². The van der Waals surface area contributed by atoms with Gasteiger partial charge in [0, 0.05) is 27.4 Å². The summed E-state index contributed by atoms with van der Waals surface area (Å²) >= 11 is 0. The summed E-state index contributed by atoms with van der Waals surface area (Å²) in [5, 5.41) is 1.91. The Morgan fingerprint density at radius 1 is 1.09 bits per heavy atom. The first-order chi connectivity index (χ1) is 10.8. The maximum absolute atomic E-state index is 14.3. The van der Waals surface area contributed by atoms with Crippen LogP contribution < -0.4 is 16.3 Å². The Morgan fingerprint density at radius 3 is 2.35 bits per heavy atom. The van der Waals surface area contributed by atoms with Crippen LogP contribution in [0.2, 0.25) is 0 Å². The molecular weight excluding hydrogens is 301 g/mol. The lowest BCUT2D eigenvalue weighted by atomic mass is 9.77. The van der Waals surface area contributed by atoms with E-state index in [0.29, 0.717) is 0 Å². The first-order valence-electron chi connectivity index (χ1n) is 8.38. The van der Waals surface area contributed by atoms with Crippen molar-refractivity contribution in [1.82, 2.24) is 0 Å². The van der Waals surface area contributed by atoms with Crippen LogP contribution in [0.3, 0.4) is 0 Å². The molecule has 1 heterocycles. The molecule has 0 saturated heterocycles. The topological polar surface area (TPSA) is 43.1 Å². The zero-order valence-electron chi connectivity index (χ0n) is 14.7. The lowest BCUT2D eigenvalue weighted by molar-refractivity contribution is 0.575. The maximum Gasteiger partial charge on any atom is 0.148 e. The normalized spacial score (nSPS) is 21.8. The summed E-state index contributed by atoms with van der Waals surface area (Å²) in [7, 11) is -2.75. The summed E-state index contributed by atoms with van der Waals surface area (Å²) < 4.78 is 14.3. The van der Waals surface area contributed by atoms with E-state index in [9.17, 15) is 4.57 Å². The number of hydrogen-bond acceptors (Lipinski definition) is 2. The van der Waals surface area contributed by atoms with Gasteiger partial charge < -0.3 is 10.3 Å². The van der Waals surface area contributed by atoms with Crippen LogP contribution in [0, 0.1) is 0 Å². The van der Waals surface area contributed by atoms with Crippen molar-refractivity contribution in [1.29, 1.82) is 0 Å². The summed E-state index contributed by atoms with van der Waals surface area (Å²) in [5.74, 6) is 0. The van der Waals surface area contributed by atoms with Gasteiger partial charge >= 0.3 is 0 Å². The summed E-state index contributed by atoms with van der Waals surface area (Å²) in [6.07, 6.45) is 0.860. The van der Waals surface area contributed by atoms with Gasteiger partial charge in [0.05, 0.1) is 0 Å². The van der Waals surface area contributed by atoms with Gasteiger partial charge in [-0.3, -0.25) is 0 Å². The Kier molecular flexibility index (Phi) is 3.72. The van der Waals surface area contributed by atoms with Crippen LogP contribution in [0.5, 0.6) is 0 Å². The van der Waals surface area contributed by atoms with Gasteiger partial charge in [-0.2, -0.15) is 0 Å². The van der Waals surface area contributed by atoms with Crippen molar-refractivity contribution in [3.63, 3.8) is 0 Å². The zero-order chi connectivity index (χ0) is 17.0. The fraction of sp³-hybridized carbons (Fsp3) is 0.400. The molecule has 23 heavy (non-hydrogen) atoms. The fourth-order valence-corrected chi connectivity index (χ4v) is 7.46. The summed E-state index contributed by atoms with van der Waals surface area (Å²) in [5.41, 5.74) is 10.5. The second-order valence-electron chi connectivity index (χ2n) is 7.28. The Morgan fingerprint density at radius 2 is 1.74 bits per heavy atom. The average molecular weight is 327 g/mol. The summed E-state index contributed by atoms with van der Waals surface area (Å²) in [4.78, 5) is 0. The molecule has 0 aromatic heterocycles. The monoisotopic (exact) mass is 327 g/mol. The van der Waals surface area contributed by atoms with Crippen molar-refractivity contribution in [3.05, 3.63) is 53.1 Å².